The Balaban J connectivity index is 2.81. The molecule has 0 fully saturated rings. The predicted octanol–water partition coefficient (Wildman–Crippen LogP) is 1.59. The van der Waals surface area contributed by atoms with Crippen molar-refractivity contribution in [2.24, 2.45) is 5.92 Å². The molecule has 5 nitrogen and oxygen atoms in total. The number of esters is 1. The average Bonchev–Trinajstić information content (AvgIpc) is 2.43. The minimum Gasteiger partial charge on any atom is -0.467 e. The number of nitrogens with one attached hydrogen (secondary N) is 1. The van der Waals surface area contributed by atoms with Crippen molar-refractivity contribution >= 4 is 17.6 Å². The number of rotatable bonds is 5. The van der Waals surface area contributed by atoms with Crippen molar-refractivity contribution < 1.29 is 14.3 Å². The fourth-order valence-corrected chi connectivity index (χ4v) is 1.66. The van der Waals surface area contributed by atoms with Gasteiger partial charge >= 0.3 is 5.97 Å². The van der Waals surface area contributed by atoms with Gasteiger partial charge in [-0.3, -0.25) is 4.79 Å². The molecule has 0 aliphatic rings. The number of benzene rings is 1. The highest BCUT2D eigenvalue weighted by atomic mass is 16.5. The Hall–Kier alpha value is -2.04. The van der Waals surface area contributed by atoms with E-state index in [0.29, 0.717) is 11.3 Å². The second-order valence-electron chi connectivity index (χ2n) is 4.48. The van der Waals surface area contributed by atoms with E-state index < -0.39 is 12.0 Å². The number of nitrogen functional groups attached to an aromatic ring is 1. The molecular weight excluding hydrogens is 244 g/mol. The Bertz CT molecular complexity index is 443. The van der Waals surface area contributed by atoms with Crippen molar-refractivity contribution in [1.82, 2.24) is 5.32 Å². The van der Waals surface area contributed by atoms with Crippen molar-refractivity contribution in [3.05, 3.63) is 29.8 Å². The maximum Gasteiger partial charge on any atom is 0.328 e. The molecule has 0 aliphatic carbocycles. The van der Waals surface area contributed by atoms with Gasteiger partial charge in [-0.2, -0.15) is 0 Å². The van der Waals surface area contributed by atoms with E-state index >= 15 is 0 Å². The highest BCUT2D eigenvalue weighted by molar-refractivity contribution is 5.97. The highest BCUT2D eigenvalue weighted by Gasteiger charge is 2.26. The van der Waals surface area contributed by atoms with E-state index in [1.165, 1.54) is 7.11 Å². The summed E-state index contributed by atoms with van der Waals surface area (Å²) < 4.78 is 4.72. The van der Waals surface area contributed by atoms with Gasteiger partial charge in [-0.15, -0.1) is 0 Å². The second kappa shape index (κ2) is 6.78. The molecule has 3 N–H and O–H groups in total. The lowest BCUT2D eigenvalue weighted by molar-refractivity contribution is -0.144. The SMILES string of the molecule is CCC(C)C(NC(=O)c1ccc(N)cc1)C(=O)OC. The number of hydrogen-bond acceptors (Lipinski definition) is 4. The largest absolute Gasteiger partial charge is 0.467 e. The van der Waals surface area contributed by atoms with Gasteiger partial charge in [-0.05, 0) is 30.2 Å². The highest BCUT2D eigenvalue weighted by Crippen LogP contribution is 2.11. The molecule has 0 radical (unpaired) electrons. The van der Waals surface area contributed by atoms with Gasteiger partial charge in [0.2, 0.25) is 0 Å². The van der Waals surface area contributed by atoms with Gasteiger partial charge in [0.05, 0.1) is 7.11 Å². The first-order chi connectivity index (χ1) is 8.99. The summed E-state index contributed by atoms with van der Waals surface area (Å²) in [6.45, 7) is 3.85. The lowest BCUT2D eigenvalue weighted by atomic mass is 9.99. The first kappa shape index (κ1) is 15.0. The molecule has 19 heavy (non-hydrogen) atoms. The third kappa shape index (κ3) is 3.98. The first-order valence-corrected chi connectivity index (χ1v) is 6.23. The minimum absolute atomic E-state index is 0.00480. The normalized spacial score (nSPS) is 13.4. The fourth-order valence-electron chi connectivity index (χ4n) is 1.66. The Morgan fingerprint density at radius 2 is 1.89 bits per heavy atom. The summed E-state index contributed by atoms with van der Waals surface area (Å²) in [6, 6.07) is 5.89. The summed E-state index contributed by atoms with van der Waals surface area (Å²) in [5, 5.41) is 2.70. The number of amides is 1. The van der Waals surface area contributed by atoms with Crippen LogP contribution in [0.4, 0.5) is 5.69 Å². The fraction of sp³-hybridized carbons (Fsp3) is 0.429. The molecule has 0 heterocycles. The molecule has 0 saturated carbocycles. The van der Waals surface area contributed by atoms with Gasteiger partial charge in [0.15, 0.2) is 0 Å². The van der Waals surface area contributed by atoms with Gasteiger partial charge in [-0.25, -0.2) is 4.79 Å². The Kier molecular flexibility index (Phi) is 5.36. The van der Waals surface area contributed by atoms with Crippen LogP contribution in [0.5, 0.6) is 0 Å². The van der Waals surface area contributed by atoms with Crippen LogP contribution in [-0.4, -0.2) is 25.0 Å². The summed E-state index contributed by atoms with van der Waals surface area (Å²) in [5.74, 6) is -0.737. The molecule has 5 heteroatoms. The first-order valence-electron chi connectivity index (χ1n) is 6.23. The molecule has 0 spiro atoms. The maximum atomic E-state index is 12.0. The van der Waals surface area contributed by atoms with Crippen LogP contribution in [0.25, 0.3) is 0 Å². The van der Waals surface area contributed by atoms with Crippen molar-refractivity contribution in [1.29, 1.82) is 0 Å². The van der Waals surface area contributed by atoms with Crippen molar-refractivity contribution in [2.75, 3.05) is 12.8 Å². The number of carbonyl (C=O) groups is 2. The zero-order valence-electron chi connectivity index (χ0n) is 11.5. The summed E-state index contributed by atoms with van der Waals surface area (Å²) in [7, 11) is 1.31. The van der Waals surface area contributed by atoms with E-state index in [-0.39, 0.29) is 11.8 Å². The molecule has 0 saturated heterocycles. The van der Waals surface area contributed by atoms with Gasteiger partial charge in [-0.1, -0.05) is 20.3 Å². The summed E-state index contributed by atoms with van der Waals surface area (Å²) in [6.07, 6.45) is 0.766. The zero-order chi connectivity index (χ0) is 14.4. The summed E-state index contributed by atoms with van der Waals surface area (Å²) in [4.78, 5) is 23.7. The number of ether oxygens (including phenoxy) is 1. The third-order valence-corrected chi connectivity index (χ3v) is 3.13. The Morgan fingerprint density at radius 3 is 2.37 bits per heavy atom. The summed E-state index contributed by atoms with van der Waals surface area (Å²) >= 11 is 0. The molecule has 2 unspecified atom stereocenters. The molecule has 1 rings (SSSR count). The monoisotopic (exact) mass is 264 g/mol. The van der Waals surface area contributed by atoms with Crippen molar-refractivity contribution in [3.63, 3.8) is 0 Å². The number of carbonyl (C=O) groups excluding carboxylic acids is 2. The quantitative estimate of drug-likeness (QED) is 0.625. The van der Waals surface area contributed by atoms with E-state index in [9.17, 15) is 9.59 Å². The molecular formula is C14H20N2O3. The molecule has 0 aliphatic heterocycles. The third-order valence-electron chi connectivity index (χ3n) is 3.13. The number of anilines is 1. The molecule has 0 aromatic heterocycles. The van der Waals surface area contributed by atoms with Crippen LogP contribution in [0.15, 0.2) is 24.3 Å². The van der Waals surface area contributed by atoms with E-state index in [0.717, 1.165) is 6.42 Å². The van der Waals surface area contributed by atoms with Crippen LogP contribution in [0.1, 0.15) is 30.6 Å². The van der Waals surface area contributed by atoms with E-state index in [1.807, 2.05) is 13.8 Å². The maximum absolute atomic E-state index is 12.0. The van der Waals surface area contributed by atoms with E-state index in [2.05, 4.69) is 5.32 Å². The van der Waals surface area contributed by atoms with Gasteiger partial charge in [0.1, 0.15) is 6.04 Å². The molecule has 104 valence electrons. The van der Waals surface area contributed by atoms with Crippen LogP contribution < -0.4 is 11.1 Å². The van der Waals surface area contributed by atoms with Gasteiger partial charge in [0.25, 0.3) is 5.91 Å². The topological polar surface area (TPSA) is 81.4 Å². The molecule has 1 amide bonds. The number of hydrogen-bond donors (Lipinski definition) is 2. The van der Waals surface area contributed by atoms with E-state index in [1.54, 1.807) is 24.3 Å². The average molecular weight is 264 g/mol. The zero-order valence-corrected chi connectivity index (χ0v) is 11.5. The number of methoxy groups -OCH3 is 1. The number of nitrogens with two attached hydrogens (primary N) is 1. The molecule has 0 bridgehead atoms. The second-order valence-corrected chi connectivity index (χ2v) is 4.48. The Morgan fingerprint density at radius 1 is 1.32 bits per heavy atom. The summed E-state index contributed by atoms with van der Waals surface area (Å²) in [5.41, 5.74) is 6.61. The predicted molar refractivity (Wildman–Crippen MR) is 73.6 cm³/mol. The van der Waals surface area contributed by atoms with Crippen LogP contribution >= 0.6 is 0 Å². The Labute approximate surface area is 113 Å². The van der Waals surface area contributed by atoms with Crippen LogP contribution in [0, 0.1) is 5.92 Å². The molecule has 1 aromatic rings. The lowest BCUT2D eigenvalue weighted by Gasteiger charge is -2.21. The van der Waals surface area contributed by atoms with Gasteiger partial charge in [0, 0.05) is 11.3 Å². The lowest BCUT2D eigenvalue weighted by Crippen LogP contribution is -2.45. The standard InChI is InChI=1S/C14H20N2O3/c1-4-9(2)12(14(18)19-3)16-13(17)10-5-7-11(15)8-6-10/h5-9,12H,4,15H2,1-3H3,(H,16,17). The van der Waals surface area contributed by atoms with Crippen LogP contribution in [-0.2, 0) is 9.53 Å². The van der Waals surface area contributed by atoms with Crippen molar-refractivity contribution in [2.45, 2.75) is 26.3 Å². The van der Waals surface area contributed by atoms with E-state index in [4.69, 9.17) is 10.5 Å². The van der Waals surface area contributed by atoms with Gasteiger partial charge < -0.3 is 15.8 Å². The van der Waals surface area contributed by atoms with Crippen molar-refractivity contribution in [3.8, 4) is 0 Å². The van der Waals surface area contributed by atoms with Crippen LogP contribution in [0.2, 0.25) is 0 Å². The smallest absolute Gasteiger partial charge is 0.328 e. The minimum atomic E-state index is -0.639. The molecule has 2 atom stereocenters. The van der Waals surface area contributed by atoms with Crippen LogP contribution in [0.3, 0.4) is 0 Å². The molecule has 1 aromatic carbocycles.